The summed E-state index contributed by atoms with van der Waals surface area (Å²) in [4.78, 5) is 105. The Labute approximate surface area is 704 Å². The molecule has 0 spiro atoms. The summed E-state index contributed by atoms with van der Waals surface area (Å²) in [6.45, 7) is 0. The highest BCUT2D eigenvalue weighted by atomic mass is 16.6. The van der Waals surface area contributed by atoms with Crippen LogP contribution in [0.4, 0.5) is 51.2 Å². The van der Waals surface area contributed by atoms with Gasteiger partial charge in [0, 0.05) is 69.9 Å². The summed E-state index contributed by atoms with van der Waals surface area (Å²) in [7, 11) is 4.29. The Morgan fingerprint density at radius 3 is 0.653 bits per heavy atom. The van der Waals surface area contributed by atoms with Gasteiger partial charge in [0.1, 0.15) is 35.2 Å². The summed E-state index contributed by atoms with van der Waals surface area (Å²) in [5, 5.41) is 2.52. The molecule has 0 unspecified atom stereocenters. The molecular formula is C94H104N10O17. The van der Waals surface area contributed by atoms with Gasteiger partial charge in [-0.3, -0.25) is 4.79 Å². The zero-order valence-electron chi connectivity index (χ0n) is 64.0. The highest BCUT2D eigenvalue weighted by Crippen LogP contribution is 2.28. The molecular weight excluding hydrogens is 1540 g/mol. The van der Waals surface area contributed by atoms with Gasteiger partial charge in [0.05, 0.1) is 58.7 Å². The molecule has 2 atom stereocenters. The average molecular weight is 1650 g/mol. The van der Waals surface area contributed by atoms with E-state index < -0.39 is 36.1 Å². The molecule has 0 aliphatic heterocycles. The monoisotopic (exact) mass is 1640 g/mol. The standard InChI is InChI=1S/C20H16N2O4.C20H22N2O4.2C13H11NO2.C8H10N2O.2C8H9NO2.4CH4/c21-15-8-4-13(5-9-15)19(23)25-17-2-1-3-18(12-17)26-20(24)14-6-10-16(22)11-7-14;21-15-9-5-13(6-10-15)19(23)25-17-3-1-2-4-18(17)26-20(24)14-7-11-16(22)12-8-14;2*14-11-8-6-10(7-9-11)13(15)16-12-4-2-1-3-5-12;1-10-8(11)6-2-4-7(9)5-3-6;2*1-11-8(10)6-2-4-7(9)5-3-6;;;;/h1-12H,21-22H2;5-12,17-18H,1-4,21-22H2;2*1-9H,14H2;2-5H,9H2,1H3,(H,10,11);2*2-5H,9H2,1H3;4*1H4/t;17-,18-;;;;;;;;;/m.0........./s1. The molecule has 1 aliphatic carbocycles. The molecule has 12 aromatic rings. The van der Waals surface area contributed by atoms with Crippen molar-refractivity contribution >= 4 is 105 Å². The predicted octanol–water partition coefficient (Wildman–Crippen LogP) is 16.7. The third-order valence-electron chi connectivity index (χ3n) is 16.2. The van der Waals surface area contributed by atoms with Crippen molar-refractivity contribution in [1.29, 1.82) is 0 Å². The first kappa shape index (κ1) is 99.3. The van der Waals surface area contributed by atoms with E-state index in [0.29, 0.717) is 126 Å². The molecule has 0 saturated heterocycles. The predicted molar refractivity (Wildman–Crippen MR) is 477 cm³/mol. The molecule has 0 radical (unpaired) electrons. The van der Waals surface area contributed by atoms with Gasteiger partial charge >= 0.3 is 47.8 Å². The van der Waals surface area contributed by atoms with Crippen molar-refractivity contribution < 1.29 is 81.0 Å². The number of nitrogens with one attached hydrogen (secondary N) is 1. The average Bonchev–Trinajstić information content (AvgIpc) is 0.848. The van der Waals surface area contributed by atoms with Gasteiger partial charge in [0.2, 0.25) is 0 Å². The number of amides is 1. The normalized spacial score (nSPS) is 11.5. The van der Waals surface area contributed by atoms with Crippen molar-refractivity contribution in [3.05, 3.63) is 353 Å². The van der Waals surface area contributed by atoms with Crippen molar-refractivity contribution in [1.82, 2.24) is 5.32 Å². The topological polar surface area (TPSA) is 474 Å². The number of anilines is 9. The SMILES string of the molecule is C.C.C.C.CNC(=O)c1ccc(N)cc1.COC(=O)c1ccc(N)cc1.COC(=O)c1ccc(N)cc1.Nc1ccc(C(=O)O[C@H]2CCCC[C@@H]2OC(=O)c2ccc(N)cc2)cc1.Nc1ccc(C(=O)Oc2cccc(OC(=O)c3ccc(N)cc3)c2)cc1.Nc1ccc(C(=O)Oc2ccccc2)cc1.Nc1ccc(C(=O)Oc2ccccc2)cc1. The van der Waals surface area contributed by atoms with Gasteiger partial charge < -0.3 is 94.8 Å². The lowest BCUT2D eigenvalue weighted by molar-refractivity contribution is -0.0514. The van der Waals surface area contributed by atoms with Gasteiger partial charge in [-0.05, 0) is 280 Å². The van der Waals surface area contributed by atoms with E-state index in [4.69, 9.17) is 80.0 Å². The zero-order chi connectivity index (χ0) is 84.6. The second kappa shape index (κ2) is 51.8. The Morgan fingerprint density at radius 1 is 0.248 bits per heavy atom. The summed E-state index contributed by atoms with van der Waals surface area (Å²) in [5.74, 6) is -1.91. The van der Waals surface area contributed by atoms with Crippen LogP contribution in [0, 0.1) is 0 Å². The molecule has 0 heterocycles. The minimum absolute atomic E-state index is 0. The molecule has 121 heavy (non-hydrogen) atoms. The number of hydrogen-bond acceptors (Lipinski definition) is 26. The molecule has 0 bridgehead atoms. The quantitative estimate of drug-likeness (QED) is 0.0197. The second-order valence-electron chi connectivity index (χ2n) is 25.0. The molecule has 632 valence electrons. The van der Waals surface area contributed by atoms with Crippen LogP contribution in [0.15, 0.2) is 303 Å². The second-order valence-corrected chi connectivity index (χ2v) is 25.0. The Balaban J connectivity index is 0.000000373. The van der Waals surface area contributed by atoms with E-state index in [1.807, 2.05) is 36.4 Å². The molecule has 27 nitrogen and oxygen atoms in total. The van der Waals surface area contributed by atoms with Crippen LogP contribution in [0.1, 0.15) is 149 Å². The molecule has 1 amide bonds. The smallest absolute Gasteiger partial charge is 0.343 e. The van der Waals surface area contributed by atoms with Gasteiger partial charge in [-0.2, -0.15) is 0 Å². The van der Waals surface area contributed by atoms with E-state index in [1.54, 1.807) is 268 Å². The number of carbonyl (C=O) groups is 9. The fourth-order valence-electron chi connectivity index (χ4n) is 9.95. The van der Waals surface area contributed by atoms with E-state index in [9.17, 15) is 43.2 Å². The van der Waals surface area contributed by atoms with Gasteiger partial charge in [-0.25, -0.2) is 38.4 Å². The van der Waals surface area contributed by atoms with Crippen molar-refractivity contribution in [2.45, 2.75) is 67.6 Å². The third-order valence-corrected chi connectivity index (χ3v) is 16.2. The molecule has 1 saturated carbocycles. The lowest BCUT2D eigenvalue weighted by Gasteiger charge is -2.30. The van der Waals surface area contributed by atoms with E-state index >= 15 is 0 Å². The minimum atomic E-state index is -0.535. The van der Waals surface area contributed by atoms with Crippen LogP contribution in [0.3, 0.4) is 0 Å². The summed E-state index contributed by atoms with van der Waals surface area (Å²) in [5.41, 5.74) is 59.4. The Kier molecular flexibility index (Phi) is 42.5. The number of esters is 8. The molecule has 27 heteroatoms. The molecule has 13 rings (SSSR count). The van der Waals surface area contributed by atoms with E-state index in [-0.39, 0.29) is 71.0 Å². The van der Waals surface area contributed by atoms with Gasteiger partial charge in [-0.1, -0.05) is 72.2 Å². The van der Waals surface area contributed by atoms with Crippen LogP contribution < -0.4 is 75.9 Å². The first-order chi connectivity index (χ1) is 56.3. The Bertz CT molecular complexity index is 4820. The maximum atomic E-state index is 12.3. The fraction of sp³-hybridized carbons (Fsp3) is 0.138. The van der Waals surface area contributed by atoms with Crippen molar-refractivity contribution in [2.24, 2.45) is 0 Å². The summed E-state index contributed by atoms with van der Waals surface area (Å²) in [6, 6.07) is 83.1. The highest BCUT2D eigenvalue weighted by molar-refractivity contribution is 5.96. The fourth-order valence-corrected chi connectivity index (χ4v) is 9.95. The largest absolute Gasteiger partial charge is 0.465 e. The van der Waals surface area contributed by atoms with Crippen LogP contribution in [0.2, 0.25) is 0 Å². The highest BCUT2D eigenvalue weighted by Gasteiger charge is 2.32. The Morgan fingerprint density at radius 2 is 0.438 bits per heavy atom. The molecule has 12 aromatic carbocycles. The van der Waals surface area contributed by atoms with Crippen LogP contribution in [-0.2, 0) is 18.9 Å². The van der Waals surface area contributed by atoms with E-state index in [0.717, 1.165) is 12.8 Å². The number of nitrogen functional groups attached to an aromatic ring is 9. The summed E-state index contributed by atoms with van der Waals surface area (Å²) < 4.78 is 41.1. The Hall–Kier alpha value is -15.9. The van der Waals surface area contributed by atoms with Gasteiger partial charge in [-0.15, -0.1) is 0 Å². The number of rotatable bonds is 15. The maximum Gasteiger partial charge on any atom is 0.343 e. The van der Waals surface area contributed by atoms with Crippen LogP contribution in [0.25, 0.3) is 0 Å². The number of nitrogens with two attached hydrogens (primary N) is 9. The van der Waals surface area contributed by atoms with Crippen molar-refractivity contribution in [3.8, 4) is 23.0 Å². The lowest BCUT2D eigenvalue weighted by atomic mass is 9.94. The number of ether oxygens (including phenoxy) is 8. The molecule has 19 N–H and O–H groups in total. The first-order valence-electron chi connectivity index (χ1n) is 35.9. The van der Waals surface area contributed by atoms with Crippen LogP contribution >= 0.6 is 0 Å². The molecule has 0 aromatic heterocycles. The van der Waals surface area contributed by atoms with E-state index in [1.165, 1.54) is 20.3 Å². The number of benzene rings is 12. The van der Waals surface area contributed by atoms with Crippen LogP contribution in [-0.4, -0.2) is 87.1 Å². The van der Waals surface area contributed by atoms with Crippen molar-refractivity contribution in [2.75, 3.05) is 72.9 Å². The van der Waals surface area contributed by atoms with Gasteiger partial charge in [0.15, 0.2) is 0 Å². The summed E-state index contributed by atoms with van der Waals surface area (Å²) in [6.07, 6.45) is 2.28. The van der Waals surface area contributed by atoms with Crippen LogP contribution in [0.5, 0.6) is 23.0 Å². The maximum absolute atomic E-state index is 12.3. The third kappa shape index (κ3) is 34.6. The lowest BCUT2D eigenvalue weighted by Crippen LogP contribution is -2.37. The molecule has 1 fully saturated rings. The molecule has 1 aliphatic rings. The van der Waals surface area contributed by atoms with E-state index in [2.05, 4.69) is 14.8 Å². The summed E-state index contributed by atoms with van der Waals surface area (Å²) >= 11 is 0. The minimum Gasteiger partial charge on any atom is -0.465 e. The number of para-hydroxylation sites is 2. The number of carbonyl (C=O) groups excluding carboxylic acids is 9. The van der Waals surface area contributed by atoms with Gasteiger partial charge in [0.25, 0.3) is 5.91 Å². The number of methoxy groups -OCH3 is 2. The zero-order valence-corrected chi connectivity index (χ0v) is 64.0. The number of hydrogen-bond donors (Lipinski definition) is 10. The van der Waals surface area contributed by atoms with Crippen molar-refractivity contribution in [3.63, 3.8) is 0 Å². The first-order valence-corrected chi connectivity index (χ1v) is 35.9.